The molecule has 0 amide bonds. The molecule has 0 unspecified atom stereocenters. The van der Waals surface area contributed by atoms with Crippen molar-refractivity contribution in [3.05, 3.63) is 84.3 Å². The summed E-state index contributed by atoms with van der Waals surface area (Å²) < 4.78 is 7.15. The highest BCUT2D eigenvalue weighted by Gasteiger charge is 2.20. The average molecular weight is 478 g/mol. The lowest BCUT2D eigenvalue weighted by Crippen LogP contribution is -2.20. The highest BCUT2D eigenvalue weighted by atomic mass is 79.9. The Morgan fingerprint density at radius 3 is 2.86 bits per heavy atom. The van der Waals surface area contributed by atoms with E-state index in [4.69, 9.17) is 16.3 Å². The lowest BCUT2D eigenvalue weighted by molar-refractivity contribution is -0.385. The van der Waals surface area contributed by atoms with Crippen molar-refractivity contribution >= 4 is 50.3 Å². The number of rotatable bonds is 6. The fourth-order valence-corrected chi connectivity index (χ4v) is 3.25. The van der Waals surface area contributed by atoms with Crippen LogP contribution < -0.4 is 10.3 Å². The van der Waals surface area contributed by atoms with Crippen molar-refractivity contribution in [3.63, 3.8) is 0 Å². The number of nitro groups is 1. The first kappa shape index (κ1) is 20.7. The summed E-state index contributed by atoms with van der Waals surface area (Å²) in [6, 6.07) is 7.90. The normalized spacial score (nSPS) is 11.1. The van der Waals surface area contributed by atoms with Gasteiger partial charge >= 0.3 is 5.69 Å². The third-order valence-electron chi connectivity index (χ3n) is 3.88. The lowest BCUT2D eigenvalue weighted by atomic mass is 10.2. The number of nitro benzene ring substituents is 1. The molecular formula is C19H14BrClN4O4. The maximum absolute atomic E-state index is 12.8. The van der Waals surface area contributed by atoms with E-state index in [-0.39, 0.29) is 28.6 Å². The van der Waals surface area contributed by atoms with Crippen LogP contribution in [-0.2, 0) is 0 Å². The Bertz CT molecular complexity index is 1220. The molecule has 3 aromatic rings. The third-order valence-corrected chi connectivity index (χ3v) is 4.65. The quantitative estimate of drug-likeness (QED) is 0.226. The summed E-state index contributed by atoms with van der Waals surface area (Å²) in [4.78, 5) is 27.9. The summed E-state index contributed by atoms with van der Waals surface area (Å²) in [5.41, 5.74) is 0.194. The molecule has 3 rings (SSSR count). The number of fused-ring (bicyclic) bond motifs is 1. The molecule has 0 spiro atoms. The molecule has 0 N–H and O–H groups in total. The predicted octanol–water partition coefficient (Wildman–Crippen LogP) is 4.48. The van der Waals surface area contributed by atoms with Gasteiger partial charge in [-0.25, -0.2) is 4.98 Å². The summed E-state index contributed by atoms with van der Waals surface area (Å²) in [7, 11) is 0. The van der Waals surface area contributed by atoms with E-state index in [9.17, 15) is 14.9 Å². The highest BCUT2D eigenvalue weighted by molar-refractivity contribution is 9.10. The molecule has 0 saturated heterocycles. The summed E-state index contributed by atoms with van der Waals surface area (Å²) in [6.07, 6.45) is 2.76. The van der Waals surface area contributed by atoms with Crippen LogP contribution in [-0.4, -0.2) is 27.4 Å². The molecule has 0 radical (unpaired) electrons. The van der Waals surface area contributed by atoms with Crippen molar-refractivity contribution in [1.82, 2.24) is 9.66 Å². The molecule has 1 aromatic heterocycles. The van der Waals surface area contributed by atoms with Gasteiger partial charge < -0.3 is 4.74 Å². The Hall–Kier alpha value is -3.04. The number of aryl methyl sites for hydroxylation is 1. The van der Waals surface area contributed by atoms with Gasteiger partial charge in [-0.3, -0.25) is 14.9 Å². The van der Waals surface area contributed by atoms with Gasteiger partial charge in [0.2, 0.25) is 5.75 Å². The van der Waals surface area contributed by atoms with Crippen molar-refractivity contribution < 1.29 is 9.66 Å². The number of aromatic nitrogens is 2. The molecule has 10 heteroatoms. The van der Waals surface area contributed by atoms with Crippen LogP contribution in [0.1, 0.15) is 11.4 Å². The van der Waals surface area contributed by atoms with Gasteiger partial charge in [-0.05, 0) is 31.2 Å². The lowest BCUT2D eigenvalue weighted by Gasteiger charge is -2.08. The number of nitrogens with zero attached hydrogens (tertiary/aromatic N) is 4. The number of halogens is 2. The van der Waals surface area contributed by atoms with Crippen molar-refractivity contribution in [2.45, 2.75) is 6.92 Å². The van der Waals surface area contributed by atoms with E-state index in [1.165, 1.54) is 24.4 Å². The summed E-state index contributed by atoms with van der Waals surface area (Å²) in [5.74, 6) is 0.312. The van der Waals surface area contributed by atoms with Crippen LogP contribution in [0.3, 0.4) is 0 Å². The van der Waals surface area contributed by atoms with Gasteiger partial charge in [0.15, 0.2) is 0 Å². The summed E-state index contributed by atoms with van der Waals surface area (Å²) in [6.45, 7) is 5.21. The Balaban J connectivity index is 2.07. The highest BCUT2D eigenvalue weighted by Crippen LogP contribution is 2.35. The van der Waals surface area contributed by atoms with E-state index in [2.05, 4.69) is 32.6 Å². The first-order chi connectivity index (χ1) is 13.8. The van der Waals surface area contributed by atoms with Crippen LogP contribution in [0.15, 0.2) is 57.4 Å². The van der Waals surface area contributed by atoms with Crippen LogP contribution in [0.2, 0.25) is 5.02 Å². The molecule has 148 valence electrons. The van der Waals surface area contributed by atoms with Crippen LogP contribution in [0.5, 0.6) is 5.75 Å². The SMILES string of the molecule is C=CCOc1c(Cl)cc(C=Nn2c(C)nc3ccc(Br)cc3c2=O)cc1[N+](=O)[O-]. The second-order valence-corrected chi connectivity index (χ2v) is 7.21. The fraction of sp³-hybridized carbons (Fsp3) is 0.105. The first-order valence-corrected chi connectivity index (χ1v) is 9.44. The second kappa shape index (κ2) is 8.54. The molecule has 0 bridgehead atoms. The largest absolute Gasteiger partial charge is 0.482 e. The third kappa shape index (κ3) is 4.36. The fourth-order valence-electron chi connectivity index (χ4n) is 2.61. The maximum atomic E-state index is 12.8. The van der Waals surface area contributed by atoms with E-state index in [1.54, 1.807) is 25.1 Å². The zero-order valence-electron chi connectivity index (χ0n) is 15.1. The molecule has 0 aliphatic carbocycles. The minimum absolute atomic E-state index is 0.0483. The van der Waals surface area contributed by atoms with Crippen LogP contribution in [0.4, 0.5) is 5.69 Å². The Labute approximate surface area is 178 Å². The number of ether oxygens (including phenoxy) is 1. The summed E-state index contributed by atoms with van der Waals surface area (Å²) in [5, 5.41) is 16.0. The molecule has 0 fully saturated rings. The number of benzene rings is 2. The van der Waals surface area contributed by atoms with Crippen LogP contribution in [0, 0.1) is 17.0 Å². The Kier molecular flexibility index (Phi) is 6.09. The molecule has 0 aliphatic rings. The molecule has 29 heavy (non-hydrogen) atoms. The first-order valence-electron chi connectivity index (χ1n) is 8.26. The summed E-state index contributed by atoms with van der Waals surface area (Å²) >= 11 is 9.47. The van der Waals surface area contributed by atoms with Gasteiger partial charge in [0.25, 0.3) is 5.56 Å². The molecule has 0 saturated carbocycles. The number of hydrogen-bond acceptors (Lipinski definition) is 6. The topological polar surface area (TPSA) is 99.6 Å². The van der Waals surface area contributed by atoms with E-state index in [0.717, 1.165) is 9.15 Å². The van der Waals surface area contributed by atoms with Crippen LogP contribution >= 0.6 is 27.5 Å². The monoisotopic (exact) mass is 476 g/mol. The van der Waals surface area contributed by atoms with Gasteiger partial charge in [-0.2, -0.15) is 9.78 Å². The molecule has 0 aliphatic heterocycles. The Morgan fingerprint density at radius 1 is 1.41 bits per heavy atom. The minimum atomic E-state index is -0.603. The van der Waals surface area contributed by atoms with Gasteiger partial charge in [0.1, 0.15) is 12.4 Å². The van der Waals surface area contributed by atoms with Gasteiger partial charge in [-0.1, -0.05) is 40.2 Å². The second-order valence-electron chi connectivity index (χ2n) is 5.89. The van der Waals surface area contributed by atoms with Gasteiger partial charge in [0, 0.05) is 16.1 Å². The standard InChI is InChI=1S/C19H14BrClN4O4/c1-3-6-29-18-15(21)7-12(8-17(18)25(27)28)10-22-24-11(2)23-16-5-4-13(20)9-14(16)19(24)26/h3-5,7-10H,1,6H2,2H3. The number of hydrogen-bond donors (Lipinski definition) is 0. The molecular weight excluding hydrogens is 464 g/mol. The average Bonchev–Trinajstić information content (AvgIpc) is 2.67. The van der Waals surface area contributed by atoms with Crippen molar-refractivity contribution in [2.75, 3.05) is 6.61 Å². The minimum Gasteiger partial charge on any atom is -0.482 e. The zero-order valence-corrected chi connectivity index (χ0v) is 17.5. The molecule has 1 heterocycles. The van der Waals surface area contributed by atoms with Crippen molar-refractivity contribution in [1.29, 1.82) is 0 Å². The van der Waals surface area contributed by atoms with E-state index in [1.807, 2.05) is 0 Å². The van der Waals surface area contributed by atoms with Gasteiger partial charge in [0.05, 0.1) is 27.1 Å². The van der Waals surface area contributed by atoms with E-state index in [0.29, 0.717) is 22.3 Å². The van der Waals surface area contributed by atoms with E-state index < -0.39 is 4.92 Å². The predicted molar refractivity (Wildman–Crippen MR) is 115 cm³/mol. The van der Waals surface area contributed by atoms with Crippen molar-refractivity contribution in [3.8, 4) is 5.75 Å². The molecule has 8 nitrogen and oxygen atoms in total. The Morgan fingerprint density at radius 2 is 2.17 bits per heavy atom. The smallest absolute Gasteiger partial charge is 0.313 e. The van der Waals surface area contributed by atoms with E-state index >= 15 is 0 Å². The van der Waals surface area contributed by atoms with Crippen LogP contribution in [0.25, 0.3) is 10.9 Å². The van der Waals surface area contributed by atoms with Crippen molar-refractivity contribution in [2.24, 2.45) is 5.10 Å². The molecule has 2 aromatic carbocycles. The molecule has 0 atom stereocenters. The maximum Gasteiger partial charge on any atom is 0.313 e. The zero-order chi connectivity index (χ0) is 21.1. The van der Waals surface area contributed by atoms with Gasteiger partial charge in [-0.15, -0.1) is 0 Å².